The molecule has 1 N–H and O–H groups in total. The van der Waals surface area contributed by atoms with Crippen molar-refractivity contribution in [3.63, 3.8) is 0 Å². The minimum absolute atomic E-state index is 0.0764. The molecule has 0 heterocycles. The third-order valence-electron chi connectivity index (χ3n) is 3.30. The van der Waals surface area contributed by atoms with Crippen molar-refractivity contribution in [3.8, 4) is 0 Å². The van der Waals surface area contributed by atoms with E-state index in [-0.39, 0.29) is 6.61 Å². The van der Waals surface area contributed by atoms with Crippen LogP contribution in [-0.2, 0) is 21.0 Å². The van der Waals surface area contributed by atoms with E-state index in [4.69, 9.17) is 28.0 Å². The summed E-state index contributed by atoms with van der Waals surface area (Å²) >= 11 is 11.9. The van der Waals surface area contributed by atoms with Crippen LogP contribution in [0.2, 0.25) is 10.0 Å². The first-order valence-electron chi connectivity index (χ1n) is 7.54. The number of amides is 1. The quantitative estimate of drug-likeness (QED) is 0.443. The zero-order valence-corrected chi connectivity index (χ0v) is 15.3. The van der Waals surface area contributed by atoms with E-state index in [2.05, 4.69) is 15.2 Å². The molecule has 8 heteroatoms. The summed E-state index contributed by atoms with van der Waals surface area (Å²) < 4.78 is 4.66. The zero-order valence-electron chi connectivity index (χ0n) is 13.8. The Bertz CT molecular complexity index is 797. The molecule has 1 amide bonds. The van der Waals surface area contributed by atoms with Crippen molar-refractivity contribution in [1.82, 2.24) is 5.32 Å². The molecule has 0 unspecified atom stereocenters. The second-order valence-electron chi connectivity index (χ2n) is 5.10. The van der Waals surface area contributed by atoms with Crippen LogP contribution in [0.1, 0.15) is 15.9 Å². The van der Waals surface area contributed by atoms with Crippen LogP contribution in [0.4, 0.5) is 0 Å². The Morgan fingerprint density at radius 3 is 2.58 bits per heavy atom. The van der Waals surface area contributed by atoms with Crippen LogP contribution >= 0.6 is 23.2 Å². The molecule has 0 fully saturated rings. The zero-order chi connectivity index (χ0) is 18.9. The van der Waals surface area contributed by atoms with Crippen molar-refractivity contribution < 1.29 is 19.2 Å². The molecule has 0 aromatic heterocycles. The third kappa shape index (κ3) is 5.75. The molecular weight excluding hydrogens is 379 g/mol. The van der Waals surface area contributed by atoms with Crippen LogP contribution in [0.25, 0.3) is 0 Å². The van der Waals surface area contributed by atoms with E-state index in [0.29, 0.717) is 21.2 Å². The van der Waals surface area contributed by atoms with Crippen molar-refractivity contribution in [2.45, 2.75) is 12.6 Å². The molecule has 136 valence electrons. The number of methoxy groups -OCH3 is 1. The van der Waals surface area contributed by atoms with E-state index < -0.39 is 17.9 Å². The average Bonchev–Trinajstić information content (AvgIpc) is 2.65. The molecule has 0 saturated carbocycles. The highest BCUT2D eigenvalue weighted by Gasteiger charge is 2.20. The fourth-order valence-electron chi connectivity index (χ4n) is 1.95. The Hall–Kier alpha value is -2.57. The van der Waals surface area contributed by atoms with Crippen LogP contribution in [0.5, 0.6) is 0 Å². The minimum Gasteiger partial charge on any atom is -0.467 e. The number of oxime groups is 1. The second kappa shape index (κ2) is 9.79. The molecule has 0 aliphatic carbocycles. The molecule has 26 heavy (non-hydrogen) atoms. The molecule has 1 atom stereocenters. The predicted octanol–water partition coefficient (Wildman–Crippen LogP) is 3.47. The number of hydrogen-bond donors (Lipinski definition) is 1. The van der Waals surface area contributed by atoms with Crippen LogP contribution < -0.4 is 5.32 Å². The summed E-state index contributed by atoms with van der Waals surface area (Å²) in [5.74, 6) is -1.11. The largest absolute Gasteiger partial charge is 0.467 e. The van der Waals surface area contributed by atoms with Crippen molar-refractivity contribution >= 4 is 41.3 Å². The van der Waals surface area contributed by atoms with Gasteiger partial charge in [0.1, 0.15) is 6.61 Å². The van der Waals surface area contributed by atoms with Gasteiger partial charge >= 0.3 is 5.97 Å². The number of esters is 1. The monoisotopic (exact) mass is 394 g/mol. The van der Waals surface area contributed by atoms with Crippen LogP contribution in [0.3, 0.4) is 0 Å². The lowest BCUT2D eigenvalue weighted by atomic mass is 10.2. The highest BCUT2D eigenvalue weighted by Crippen LogP contribution is 2.21. The van der Waals surface area contributed by atoms with Gasteiger partial charge in [-0.3, -0.25) is 4.79 Å². The van der Waals surface area contributed by atoms with E-state index in [0.717, 1.165) is 6.21 Å². The molecule has 0 radical (unpaired) electrons. The number of carbonyl (C=O) groups is 2. The Balaban J connectivity index is 1.97. The fraction of sp³-hybridized carbons (Fsp3) is 0.167. The number of halogens is 2. The van der Waals surface area contributed by atoms with Gasteiger partial charge in [0.15, 0.2) is 6.04 Å². The normalized spacial score (nSPS) is 11.8. The predicted molar refractivity (Wildman–Crippen MR) is 99.5 cm³/mol. The SMILES string of the molecule is COC(=O)[C@H](/C=N\OCc1ccc(Cl)cc1Cl)NC(=O)c1ccccc1. The summed E-state index contributed by atoms with van der Waals surface area (Å²) in [7, 11) is 1.21. The Labute approximate surface area is 160 Å². The maximum absolute atomic E-state index is 12.2. The van der Waals surface area contributed by atoms with Gasteiger partial charge in [0.05, 0.1) is 13.3 Å². The molecule has 6 nitrogen and oxygen atoms in total. The summed E-state index contributed by atoms with van der Waals surface area (Å²) in [4.78, 5) is 29.1. The first-order valence-corrected chi connectivity index (χ1v) is 8.30. The summed E-state index contributed by atoms with van der Waals surface area (Å²) in [5, 5.41) is 7.18. The number of ether oxygens (including phenoxy) is 1. The number of nitrogens with zero attached hydrogens (tertiary/aromatic N) is 1. The van der Waals surface area contributed by atoms with Gasteiger partial charge in [0, 0.05) is 21.2 Å². The first kappa shape index (κ1) is 19.8. The summed E-state index contributed by atoms with van der Waals surface area (Å²) in [6, 6.07) is 12.3. The van der Waals surface area contributed by atoms with Gasteiger partial charge in [-0.05, 0) is 24.3 Å². The minimum atomic E-state index is -1.09. The Kier molecular flexibility index (Phi) is 7.44. The molecule has 0 bridgehead atoms. The summed E-state index contributed by atoms with van der Waals surface area (Å²) in [5.41, 5.74) is 1.08. The van der Waals surface area contributed by atoms with E-state index in [1.54, 1.807) is 48.5 Å². The van der Waals surface area contributed by atoms with Crippen LogP contribution in [0.15, 0.2) is 53.7 Å². The van der Waals surface area contributed by atoms with Gasteiger partial charge in [0.25, 0.3) is 5.91 Å². The van der Waals surface area contributed by atoms with Crippen LogP contribution in [-0.4, -0.2) is 31.2 Å². The molecule has 0 saturated heterocycles. The third-order valence-corrected chi connectivity index (χ3v) is 3.88. The van der Waals surface area contributed by atoms with E-state index >= 15 is 0 Å². The molecule has 2 aromatic carbocycles. The number of carbonyl (C=O) groups excluding carboxylic acids is 2. The topological polar surface area (TPSA) is 77.0 Å². The molecule has 2 aromatic rings. The van der Waals surface area contributed by atoms with E-state index in [1.165, 1.54) is 7.11 Å². The summed E-state index contributed by atoms with van der Waals surface area (Å²) in [6.45, 7) is 0.0764. The van der Waals surface area contributed by atoms with Gasteiger partial charge < -0.3 is 14.9 Å². The lowest BCUT2D eigenvalue weighted by Gasteiger charge is -2.12. The number of hydrogen-bond acceptors (Lipinski definition) is 5. The van der Waals surface area contributed by atoms with Gasteiger partial charge in [-0.15, -0.1) is 0 Å². The maximum atomic E-state index is 12.2. The van der Waals surface area contributed by atoms with Crippen molar-refractivity contribution in [3.05, 3.63) is 69.7 Å². The molecule has 0 aliphatic heterocycles. The average molecular weight is 395 g/mol. The van der Waals surface area contributed by atoms with Crippen molar-refractivity contribution in [2.75, 3.05) is 7.11 Å². The highest BCUT2D eigenvalue weighted by atomic mass is 35.5. The first-order chi connectivity index (χ1) is 12.5. The van der Waals surface area contributed by atoms with Gasteiger partial charge in [-0.25, -0.2) is 4.79 Å². The molecular formula is C18H16Cl2N2O4. The van der Waals surface area contributed by atoms with Crippen molar-refractivity contribution in [2.24, 2.45) is 5.16 Å². The van der Waals surface area contributed by atoms with Gasteiger partial charge in [-0.2, -0.15) is 0 Å². The molecule has 0 aliphatic rings. The van der Waals surface area contributed by atoms with Crippen LogP contribution in [0, 0.1) is 0 Å². The smallest absolute Gasteiger partial charge is 0.334 e. The lowest BCUT2D eigenvalue weighted by Crippen LogP contribution is -2.42. The highest BCUT2D eigenvalue weighted by molar-refractivity contribution is 6.35. The number of nitrogens with one attached hydrogen (secondary N) is 1. The second-order valence-corrected chi connectivity index (χ2v) is 5.95. The molecule has 2 rings (SSSR count). The fourth-order valence-corrected chi connectivity index (χ4v) is 2.41. The van der Waals surface area contributed by atoms with E-state index in [9.17, 15) is 9.59 Å². The molecule has 0 spiro atoms. The Morgan fingerprint density at radius 1 is 1.19 bits per heavy atom. The number of benzene rings is 2. The number of rotatable bonds is 7. The van der Waals surface area contributed by atoms with Gasteiger partial charge in [0.2, 0.25) is 0 Å². The lowest BCUT2D eigenvalue weighted by molar-refractivity contribution is -0.140. The maximum Gasteiger partial charge on any atom is 0.334 e. The van der Waals surface area contributed by atoms with Gasteiger partial charge in [-0.1, -0.05) is 52.6 Å². The standard InChI is InChI=1S/C18H16Cl2N2O4/c1-25-18(24)16(22-17(23)12-5-3-2-4-6-12)10-21-26-11-13-7-8-14(19)9-15(13)20/h2-10,16H,11H2,1H3,(H,22,23)/b21-10-/t16-/m0/s1. The Morgan fingerprint density at radius 2 is 1.92 bits per heavy atom. The van der Waals surface area contributed by atoms with E-state index in [1.807, 2.05) is 0 Å². The summed E-state index contributed by atoms with van der Waals surface area (Å²) in [6.07, 6.45) is 1.15. The van der Waals surface area contributed by atoms with Crippen molar-refractivity contribution in [1.29, 1.82) is 0 Å².